The Hall–Kier alpha value is -4.06. The predicted octanol–water partition coefficient (Wildman–Crippen LogP) is 3.45. The van der Waals surface area contributed by atoms with E-state index in [4.69, 9.17) is 9.97 Å². The van der Waals surface area contributed by atoms with Crippen LogP contribution in [-0.4, -0.2) is 62.5 Å². The van der Waals surface area contributed by atoms with Crippen LogP contribution in [0.1, 0.15) is 54.6 Å². The van der Waals surface area contributed by atoms with E-state index in [-0.39, 0.29) is 23.4 Å². The van der Waals surface area contributed by atoms with Crippen molar-refractivity contribution in [1.29, 1.82) is 5.26 Å². The van der Waals surface area contributed by atoms with Crippen molar-refractivity contribution < 1.29 is 4.79 Å². The molecule has 9 heteroatoms. The van der Waals surface area contributed by atoms with Gasteiger partial charge in [0.05, 0.1) is 17.2 Å². The van der Waals surface area contributed by atoms with Crippen molar-refractivity contribution in [3.05, 3.63) is 65.9 Å². The lowest BCUT2D eigenvalue weighted by Crippen LogP contribution is -2.59. The number of hydrogen-bond acceptors (Lipinski definition) is 8. The lowest BCUT2D eigenvalue weighted by Gasteiger charge is -2.47. The second kappa shape index (κ2) is 8.55. The molecule has 3 aromatic rings. The van der Waals surface area contributed by atoms with Crippen LogP contribution in [0.4, 0.5) is 17.5 Å². The van der Waals surface area contributed by atoms with Gasteiger partial charge in [0, 0.05) is 61.3 Å². The zero-order chi connectivity index (χ0) is 24.9. The van der Waals surface area contributed by atoms with Gasteiger partial charge < -0.3 is 14.7 Å². The molecule has 1 saturated carbocycles. The van der Waals surface area contributed by atoms with Crippen molar-refractivity contribution in [3.8, 4) is 6.07 Å². The first kappa shape index (κ1) is 22.4. The molecule has 1 spiro atoms. The zero-order valence-electron chi connectivity index (χ0n) is 20.5. The molecule has 0 N–H and O–H groups in total. The number of rotatable bonds is 3. The summed E-state index contributed by atoms with van der Waals surface area (Å²) < 4.78 is 0. The summed E-state index contributed by atoms with van der Waals surface area (Å²) >= 11 is 0. The molecule has 2 atom stereocenters. The average molecular weight is 481 g/mol. The Bertz CT molecular complexity index is 1350. The number of carbonyl (C=O) groups is 1. The van der Waals surface area contributed by atoms with E-state index in [1.165, 1.54) is 12.0 Å². The predicted molar refractivity (Wildman–Crippen MR) is 135 cm³/mol. The highest BCUT2D eigenvalue weighted by molar-refractivity contribution is 5.94. The Morgan fingerprint density at radius 2 is 1.92 bits per heavy atom. The Morgan fingerprint density at radius 1 is 1.08 bits per heavy atom. The van der Waals surface area contributed by atoms with Crippen LogP contribution in [0.2, 0.25) is 0 Å². The first-order valence-corrected chi connectivity index (χ1v) is 12.5. The van der Waals surface area contributed by atoms with E-state index in [1.54, 1.807) is 37.1 Å². The van der Waals surface area contributed by atoms with Crippen molar-refractivity contribution in [2.24, 2.45) is 0 Å². The molecule has 5 heterocycles. The maximum Gasteiger partial charge on any atom is 0.255 e. The monoisotopic (exact) mass is 480 g/mol. The number of piperazine rings is 1. The second-order valence-electron chi connectivity index (χ2n) is 10.2. The van der Waals surface area contributed by atoms with Gasteiger partial charge in [0.25, 0.3) is 5.91 Å². The molecule has 36 heavy (non-hydrogen) atoms. The third-order valence-electron chi connectivity index (χ3n) is 7.94. The maximum absolute atomic E-state index is 13.2. The molecule has 3 aliphatic rings. The molecule has 1 amide bonds. The molecule has 6 rings (SSSR count). The largest absolute Gasteiger partial charge is 0.350 e. The van der Waals surface area contributed by atoms with Crippen molar-refractivity contribution in [3.63, 3.8) is 0 Å². The van der Waals surface area contributed by atoms with Crippen LogP contribution in [0.5, 0.6) is 0 Å². The fourth-order valence-corrected chi connectivity index (χ4v) is 5.92. The minimum atomic E-state index is -0.0120. The van der Waals surface area contributed by atoms with Gasteiger partial charge in [-0.3, -0.25) is 9.78 Å². The molecule has 0 unspecified atom stereocenters. The smallest absolute Gasteiger partial charge is 0.255 e. The van der Waals surface area contributed by atoms with E-state index in [9.17, 15) is 10.1 Å². The number of hydrogen-bond donors (Lipinski definition) is 0. The van der Waals surface area contributed by atoms with Gasteiger partial charge in [-0.2, -0.15) is 5.26 Å². The number of nitrogens with zero attached hydrogens (tertiary/aromatic N) is 8. The number of nitriles is 1. The summed E-state index contributed by atoms with van der Waals surface area (Å²) in [4.78, 5) is 37.9. The number of aromatic nitrogens is 4. The molecule has 0 radical (unpaired) electrons. The second-order valence-corrected chi connectivity index (χ2v) is 10.2. The van der Waals surface area contributed by atoms with Crippen LogP contribution in [0.15, 0.2) is 49.2 Å². The standard InChI is InChI=1S/C27H28N8O/c1-18-15-34(26(36)21-5-3-9-29-13-21)19(2)14-33(18)24-23-25(32-17-31-24)35(16-27(23)7-4-8-27)22-11-20(12-28)6-10-30-22/h3,5-6,9-11,13,17-19H,4,7-8,14-16H2,1-2H3/t18-,19+/m0/s1. The summed E-state index contributed by atoms with van der Waals surface area (Å²) in [6.07, 6.45) is 9.97. The third-order valence-corrected chi connectivity index (χ3v) is 7.94. The molecule has 2 fully saturated rings. The van der Waals surface area contributed by atoms with Crippen LogP contribution >= 0.6 is 0 Å². The van der Waals surface area contributed by atoms with E-state index in [0.717, 1.165) is 36.8 Å². The number of pyridine rings is 2. The van der Waals surface area contributed by atoms with Gasteiger partial charge in [-0.25, -0.2) is 15.0 Å². The SMILES string of the molecule is C[C@@H]1CN(c2ncnc3c2C2(CCC2)CN3c2cc(C#N)ccn2)[C@@H](C)CN1C(=O)c1cccnc1. The van der Waals surface area contributed by atoms with Crippen LogP contribution in [0.25, 0.3) is 0 Å². The van der Waals surface area contributed by atoms with Crippen molar-refractivity contribution in [1.82, 2.24) is 24.8 Å². The van der Waals surface area contributed by atoms with E-state index in [1.807, 2.05) is 17.0 Å². The fraction of sp³-hybridized carbons (Fsp3) is 0.407. The highest BCUT2D eigenvalue weighted by Crippen LogP contribution is 2.56. The van der Waals surface area contributed by atoms with E-state index >= 15 is 0 Å². The molecule has 2 aliphatic heterocycles. The maximum atomic E-state index is 13.2. The van der Waals surface area contributed by atoms with E-state index in [0.29, 0.717) is 24.2 Å². The van der Waals surface area contributed by atoms with E-state index in [2.05, 4.69) is 39.7 Å². The highest BCUT2D eigenvalue weighted by atomic mass is 16.2. The Morgan fingerprint density at radius 3 is 2.64 bits per heavy atom. The van der Waals surface area contributed by atoms with Gasteiger partial charge in [0.15, 0.2) is 0 Å². The lowest BCUT2D eigenvalue weighted by molar-refractivity contribution is 0.0643. The summed E-state index contributed by atoms with van der Waals surface area (Å²) in [5.74, 6) is 2.61. The molecule has 1 saturated heterocycles. The summed E-state index contributed by atoms with van der Waals surface area (Å²) in [7, 11) is 0. The van der Waals surface area contributed by atoms with Gasteiger partial charge in [-0.15, -0.1) is 0 Å². The first-order valence-electron chi connectivity index (χ1n) is 12.5. The topological polar surface area (TPSA) is 102 Å². The van der Waals surface area contributed by atoms with Crippen molar-refractivity contribution in [2.45, 2.75) is 50.6 Å². The van der Waals surface area contributed by atoms with Gasteiger partial charge in [-0.1, -0.05) is 6.42 Å². The summed E-state index contributed by atoms with van der Waals surface area (Å²) in [5, 5.41) is 9.40. The van der Waals surface area contributed by atoms with E-state index < -0.39 is 0 Å². The molecular weight excluding hydrogens is 452 g/mol. The minimum Gasteiger partial charge on any atom is -0.350 e. The molecule has 3 aromatic heterocycles. The number of amides is 1. The highest BCUT2D eigenvalue weighted by Gasteiger charge is 2.51. The fourth-order valence-electron chi connectivity index (χ4n) is 5.92. The van der Waals surface area contributed by atoms with Crippen LogP contribution in [-0.2, 0) is 5.41 Å². The Labute approximate surface area is 210 Å². The van der Waals surface area contributed by atoms with Gasteiger partial charge in [-0.05, 0) is 51.0 Å². The molecule has 9 nitrogen and oxygen atoms in total. The quantitative estimate of drug-likeness (QED) is 0.562. The Balaban J connectivity index is 1.35. The first-order chi connectivity index (χ1) is 17.5. The molecule has 1 aliphatic carbocycles. The van der Waals surface area contributed by atoms with Crippen molar-refractivity contribution in [2.75, 3.05) is 29.4 Å². The Kier molecular flexibility index (Phi) is 5.32. The molecule has 0 bridgehead atoms. The normalized spacial score (nSPS) is 22.2. The molecule has 182 valence electrons. The number of carbonyl (C=O) groups excluding carboxylic acids is 1. The lowest BCUT2D eigenvalue weighted by atomic mass is 9.66. The molecular formula is C27H28N8O. The number of anilines is 3. The zero-order valence-corrected chi connectivity index (χ0v) is 20.5. The summed E-state index contributed by atoms with van der Waals surface area (Å²) in [6.45, 7) is 6.34. The average Bonchev–Trinajstić information content (AvgIpc) is 3.27. The van der Waals surface area contributed by atoms with Crippen LogP contribution < -0.4 is 9.80 Å². The van der Waals surface area contributed by atoms with Crippen LogP contribution in [0.3, 0.4) is 0 Å². The van der Waals surface area contributed by atoms with Gasteiger partial charge in [0.2, 0.25) is 0 Å². The minimum absolute atomic E-state index is 0.0120. The van der Waals surface area contributed by atoms with Gasteiger partial charge >= 0.3 is 0 Å². The van der Waals surface area contributed by atoms with Crippen molar-refractivity contribution >= 4 is 23.4 Å². The van der Waals surface area contributed by atoms with Crippen LogP contribution in [0, 0.1) is 11.3 Å². The number of fused-ring (bicyclic) bond motifs is 2. The third kappa shape index (κ3) is 3.48. The summed E-state index contributed by atoms with van der Waals surface area (Å²) in [6, 6.07) is 9.50. The molecule has 0 aromatic carbocycles. The van der Waals surface area contributed by atoms with Gasteiger partial charge in [0.1, 0.15) is 23.8 Å². The summed E-state index contributed by atoms with van der Waals surface area (Å²) in [5.41, 5.74) is 2.37.